The first-order chi connectivity index (χ1) is 8.83. The van der Waals surface area contributed by atoms with Crippen LogP contribution < -0.4 is 5.32 Å². The van der Waals surface area contributed by atoms with Gasteiger partial charge in [-0.05, 0) is 25.1 Å². The highest BCUT2D eigenvalue weighted by Gasteiger charge is 2.06. The number of benzene rings is 1. The SMILES string of the molecule is CCNC(C#N)CCSc1cc2ccccc2[nH]1. The zero-order chi connectivity index (χ0) is 12.8. The van der Waals surface area contributed by atoms with E-state index >= 15 is 0 Å². The molecule has 2 N–H and O–H groups in total. The maximum atomic E-state index is 8.94. The topological polar surface area (TPSA) is 51.6 Å². The van der Waals surface area contributed by atoms with E-state index in [1.54, 1.807) is 11.8 Å². The summed E-state index contributed by atoms with van der Waals surface area (Å²) in [5.41, 5.74) is 1.17. The summed E-state index contributed by atoms with van der Waals surface area (Å²) in [5, 5.41) is 14.5. The smallest absolute Gasteiger partial charge is 0.0960 e. The van der Waals surface area contributed by atoms with Gasteiger partial charge in [0.25, 0.3) is 0 Å². The Balaban J connectivity index is 1.88. The average molecular weight is 259 g/mol. The van der Waals surface area contributed by atoms with Crippen LogP contribution in [-0.2, 0) is 0 Å². The van der Waals surface area contributed by atoms with E-state index in [-0.39, 0.29) is 6.04 Å². The van der Waals surface area contributed by atoms with Crippen LogP contribution in [0.5, 0.6) is 0 Å². The summed E-state index contributed by atoms with van der Waals surface area (Å²) in [4.78, 5) is 3.38. The number of aromatic amines is 1. The van der Waals surface area contributed by atoms with Gasteiger partial charge in [-0.15, -0.1) is 11.8 Å². The molecule has 0 saturated heterocycles. The number of H-pyrrole nitrogens is 1. The van der Waals surface area contributed by atoms with Crippen molar-refractivity contribution in [2.24, 2.45) is 0 Å². The van der Waals surface area contributed by atoms with Crippen molar-refractivity contribution >= 4 is 22.7 Å². The molecule has 2 aromatic rings. The van der Waals surface area contributed by atoms with Crippen molar-refractivity contribution in [1.29, 1.82) is 5.26 Å². The van der Waals surface area contributed by atoms with Gasteiger partial charge in [0.05, 0.1) is 17.1 Å². The Morgan fingerprint density at radius 1 is 1.44 bits per heavy atom. The quantitative estimate of drug-likeness (QED) is 0.784. The maximum Gasteiger partial charge on any atom is 0.0960 e. The molecule has 1 aromatic heterocycles. The van der Waals surface area contributed by atoms with Crippen molar-refractivity contribution in [2.45, 2.75) is 24.4 Å². The van der Waals surface area contributed by atoms with Crippen LogP contribution in [-0.4, -0.2) is 23.3 Å². The first-order valence-corrected chi connectivity index (χ1v) is 7.15. The summed E-state index contributed by atoms with van der Waals surface area (Å²) in [6.45, 7) is 2.87. The minimum Gasteiger partial charge on any atom is -0.350 e. The van der Waals surface area contributed by atoms with E-state index in [0.29, 0.717) is 0 Å². The normalized spacial score (nSPS) is 12.4. The van der Waals surface area contributed by atoms with Gasteiger partial charge >= 0.3 is 0 Å². The standard InChI is InChI=1S/C14H17N3S/c1-2-16-12(10-15)7-8-18-14-9-11-5-3-4-6-13(11)17-14/h3-6,9,12,16-17H,2,7-8H2,1H3. The zero-order valence-corrected chi connectivity index (χ0v) is 11.3. The van der Waals surface area contributed by atoms with Crippen LogP contribution in [0.15, 0.2) is 35.4 Å². The second kappa shape index (κ2) is 6.48. The number of aromatic nitrogens is 1. The predicted molar refractivity (Wildman–Crippen MR) is 76.7 cm³/mol. The number of fused-ring (bicyclic) bond motifs is 1. The molecule has 3 nitrogen and oxygen atoms in total. The van der Waals surface area contributed by atoms with Gasteiger partial charge in [0.15, 0.2) is 0 Å². The van der Waals surface area contributed by atoms with Gasteiger partial charge in [-0.2, -0.15) is 5.26 Å². The van der Waals surface area contributed by atoms with Crippen LogP contribution in [0.4, 0.5) is 0 Å². The summed E-state index contributed by atoms with van der Waals surface area (Å²) in [5.74, 6) is 0.943. The maximum absolute atomic E-state index is 8.94. The van der Waals surface area contributed by atoms with Gasteiger partial charge < -0.3 is 10.3 Å². The first-order valence-electron chi connectivity index (χ1n) is 6.17. The Kier molecular flexibility index (Phi) is 4.68. The Morgan fingerprint density at radius 3 is 3.00 bits per heavy atom. The first kappa shape index (κ1) is 13.0. The molecule has 1 atom stereocenters. The Labute approximate surface area is 112 Å². The van der Waals surface area contributed by atoms with E-state index in [9.17, 15) is 0 Å². The average Bonchev–Trinajstić information content (AvgIpc) is 2.80. The molecule has 0 spiro atoms. The van der Waals surface area contributed by atoms with Gasteiger partial charge in [-0.25, -0.2) is 0 Å². The molecule has 0 bridgehead atoms. The minimum atomic E-state index is -0.0353. The largest absolute Gasteiger partial charge is 0.350 e. The van der Waals surface area contributed by atoms with Crippen molar-refractivity contribution in [1.82, 2.24) is 10.3 Å². The molecule has 0 fully saturated rings. The number of thioether (sulfide) groups is 1. The van der Waals surface area contributed by atoms with Gasteiger partial charge in [-0.1, -0.05) is 25.1 Å². The number of nitrogens with zero attached hydrogens (tertiary/aromatic N) is 1. The molecule has 1 unspecified atom stereocenters. The van der Waals surface area contributed by atoms with Crippen LogP contribution in [0, 0.1) is 11.3 Å². The third-order valence-electron chi connectivity index (χ3n) is 2.78. The predicted octanol–water partition coefficient (Wildman–Crippen LogP) is 3.15. The molecule has 0 amide bonds. The summed E-state index contributed by atoms with van der Waals surface area (Å²) >= 11 is 1.77. The van der Waals surface area contributed by atoms with E-state index in [4.69, 9.17) is 5.26 Å². The zero-order valence-electron chi connectivity index (χ0n) is 10.4. The van der Waals surface area contributed by atoms with Crippen LogP contribution in [0.1, 0.15) is 13.3 Å². The molecule has 0 aliphatic carbocycles. The van der Waals surface area contributed by atoms with E-state index < -0.39 is 0 Å². The summed E-state index contributed by atoms with van der Waals surface area (Å²) < 4.78 is 0. The number of hydrogen-bond acceptors (Lipinski definition) is 3. The second-order valence-electron chi connectivity index (χ2n) is 4.10. The highest BCUT2D eigenvalue weighted by molar-refractivity contribution is 7.99. The van der Waals surface area contributed by atoms with E-state index in [1.807, 2.05) is 19.1 Å². The van der Waals surface area contributed by atoms with Crippen LogP contribution in [0.3, 0.4) is 0 Å². The van der Waals surface area contributed by atoms with E-state index in [0.717, 1.165) is 18.7 Å². The van der Waals surface area contributed by atoms with Gasteiger partial charge in [0, 0.05) is 16.7 Å². The fourth-order valence-corrected chi connectivity index (χ4v) is 2.84. The number of para-hydroxylation sites is 1. The Morgan fingerprint density at radius 2 is 2.28 bits per heavy atom. The molecule has 0 aliphatic heterocycles. The lowest BCUT2D eigenvalue weighted by atomic mass is 10.2. The lowest BCUT2D eigenvalue weighted by molar-refractivity contribution is 0.613. The Hall–Kier alpha value is -1.44. The minimum absolute atomic E-state index is 0.0353. The van der Waals surface area contributed by atoms with Gasteiger partial charge in [0.1, 0.15) is 0 Å². The van der Waals surface area contributed by atoms with Crippen LogP contribution >= 0.6 is 11.8 Å². The number of rotatable bonds is 6. The van der Waals surface area contributed by atoms with Crippen molar-refractivity contribution in [2.75, 3.05) is 12.3 Å². The van der Waals surface area contributed by atoms with Crippen LogP contribution in [0.2, 0.25) is 0 Å². The third kappa shape index (κ3) is 3.28. The van der Waals surface area contributed by atoms with Crippen molar-refractivity contribution in [3.8, 4) is 6.07 Å². The molecule has 0 saturated carbocycles. The Bertz CT molecular complexity index is 508. The number of hydrogen-bond donors (Lipinski definition) is 2. The van der Waals surface area contributed by atoms with E-state index in [2.05, 4.69) is 34.6 Å². The monoisotopic (exact) mass is 259 g/mol. The molecular weight excluding hydrogens is 242 g/mol. The summed E-state index contributed by atoms with van der Waals surface area (Å²) in [6, 6.07) is 12.7. The highest BCUT2D eigenvalue weighted by atomic mass is 32.2. The molecule has 18 heavy (non-hydrogen) atoms. The molecule has 1 heterocycles. The molecule has 0 aliphatic rings. The summed E-state index contributed by atoms with van der Waals surface area (Å²) in [7, 11) is 0. The van der Waals surface area contributed by atoms with Crippen LogP contribution in [0.25, 0.3) is 10.9 Å². The lowest BCUT2D eigenvalue weighted by Gasteiger charge is -2.08. The fraction of sp³-hybridized carbons (Fsp3) is 0.357. The van der Waals surface area contributed by atoms with Crippen molar-refractivity contribution in [3.63, 3.8) is 0 Å². The van der Waals surface area contributed by atoms with Gasteiger partial charge in [0.2, 0.25) is 0 Å². The van der Waals surface area contributed by atoms with E-state index in [1.165, 1.54) is 15.9 Å². The third-order valence-corrected chi connectivity index (χ3v) is 3.75. The molecule has 1 aromatic carbocycles. The molecule has 4 heteroatoms. The molecule has 94 valence electrons. The second-order valence-corrected chi connectivity index (χ2v) is 5.23. The lowest BCUT2D eigenvalue weighted by Crippen LogP contribution is -2.27. The molecule has 0 radical (unpaired) electrons. The molecular formula is C14H17N3S. The van der Waals surface area contributed by atoms with Crippen molar-refractivity contribution < 1.29 is 0 Å². The van der Waals surface area contributed by atoms with Crippen molar-refractivity contribution in [3.05, 3.63) is 30.3 Å². The molecule has 2 rings (SSSR count). The number of nitrogens with one attached hydrogen (secondary N) is 2. The highest BCUT2D eigenvalue weighted by Crippen LogP contribution is 2.23. The fourth-order valence-electron chi connectivity index (χ4n) is 1.87. The number of nitriles is 1. The van der Waals surface area contributed by atoms with Gasteiger partial charge in [-0.3, -0.25) is 0 Å². The summed E-state index contributed by atoms with van der Waals surface area (Å²) in [6.07, 6.45) is 0.865.